The van der Waals surface area contributed by atoms with Crippen LogP contribution in [0.25, 0.3) is 10.8 Å². The molecule has 0 aromatic heterocycles. The molecule has 0 atom stereocenters. The molecule has 0 spiro atoms. The second-order valence-corrected chi connectivity index (χ2v) is 8.90. The summed E-state index contributed by atoms with van der Waals surface area (Å²) in [4.78, 5) is 0. The highest BCUT2D eigenvalue weighted by atomic mass is 35.5. The van der Waals surface area contributed by atoms with Gasteiger partial charge in [-0.2, -0.15) is 0 Å². The average Bonchev–Trinajstić information content (AvgIpc) is 2.85. The fraction of sp³-hybridized carbons (Fsp3) is 0.241. The third-order valence-corrected chi connectivity index (χ3v) is 6.51. The lowest BCUT2D eigenvalue weighted by atomic mass is 9.97. The van der Waals surface area contributed by atoms with Crippen LogP contribution in [0, 0.1) is 17.5 Å². The zero-order valence-electron chi connectivity index (χ0n) is 19.0. The van der Waals surface area contributed by atoms with Crippen LogP contribution in [0.2, 0.25) is 5.02 Å². The van der Waals surface area contributed by atoms with E-state index in [1.807, 2.05) is 24.3 Å². The van der Waals surface area contributed by atoms with E-state index in [9.17, 15) is 8.78 Å². The zero-order valence-corrected chi connectivity index (χ0v) is 19.8. The van der Waals surface area contributed by atoms with Gasteiger partial charge in [0.25, 0.3) is 0 Å². The van der Waals surface area contributed by atoms with Crippen molar-refractivity contribution in [2.45, 2.75) is 32.1 Å². The lowest BCUT2D eigenvalue weighted by molar-refractivity contribution is 0.202. The highest BCUT2D eigenvalue weighted by Gasteiger charge is 2.12. The topological polar surface area (TPSA) is 9.23 Å². The minimum absolute atomic E-state index is 0.286. The molecule has 1 nitrogen and oxygen atoms in total. The van der Waals surface area contributed by atoms with Crippen LogP contribution >= 0.6 is 11.6 Å². The van der Waals surface area contributed by atoms with E-state index in [2.05, 4.69) is 24.3 Å². The van der Waals surface area contributed by atoms with E-state index in [1.54, 1.807) is 13.2 Å². The molecule has 0 saturated heterocycles. The third-order valence-electron chi connectivity index (χ3n) is 6.15. The second-order valence-electron chi connectivity index (χ2n) is 8.53. The predicted molar refractivity (Wildman–Crippen MR) is 132 cm³/mol. The Balaban J connectivity index is 1.42. The highest BCUT2D eigenvalue weighted by Crippen LogP contribution is 2.26. The van der Waals surface area contributed by atoms with E-state index in [0.29, 0.717) is 36.0 Å². The summed E-state index contributed by atoms with van der Waals surface area (Å²) in [7, 11) is 1.70. The Morgan fingerprint density at radius 1 is 0.647 bits per heavy atom. The molecule has 0 unspecified atom stereocenters. The van der Waals surface area contributed by atoms with Crippen LogP contribution in [0.4, 0.5) is 13.2 Å². The van der Waals surface area contributed by atoms with E-state index in [-0.39, 0.29) is 5.82 Å². The lowest BCUT2D eigenvalue weighted by Crippen LogP contribution is -1.98. The summed E-state index contributed by atoms with van der Waals surface area (Å²) in [5.74, 6) is -1.89. The van der Waals surface area contributed by atoms with Gasteiger partial charge in [-0.25, -0.2) is 13.2 Å². The molecule has 4 aromatic carbocycles. The van der Waals surface area contributed by atoms with Crippen molar-refractivity contribution in [3.8, 4) is 0 Å². The molecule has 0 saturated carbocycles. The molecule has 0 N–H and O–H groups in total. The van der Waals surface area contributed by atoms with Crippen molar-refractivity contribution in [2.75, 3.05) is 13.7 Å². The summed E-state index contributed by atoms with van der Waals surface area (Å²) in [5, 5.41) is 0.880. The fourth-order valence-electron chi connectivity index (χ4n) is 4.15. The van der Waals surface area contributed by atoms with Crippen molar-refractivity contribution >= 4 is 22.4 Å². The Morgan fingerprint density at radius 3 is 1.91 bits per heavy atom. The van der Waals surface area contributed by atoms with E-state index >= 15 is 4.39 Å². The smallest absolute Gasteiger partial charge is 0.145 e. The number of ether oxygens (including phenoxy) is 1. The molecule has 0 aliphatic heterocycles. The monoisotopic (exact) mass is 482 g/mol. The SMILES string of the molecule is COCCc1ccc(CCc2ccc3c(F)c(CCc4cc(F)c(Cl)c(F)c4)ccc3c2)cc1. The summed E-state index contributed by atoms with van der Waals surface area (Å²) < 4.78 is 47.6. The van der Waals surface area contributed by atoms with Gasteiger partial charge in [0, 0.05) is 12.5 Å². The minimum Gasteiger partial charge on any atom is -0.384 e. The molecule has 5 heteroatoms. The van der Waals surface area contributed by atoms with Crippen LogP contribution in [0.3, 0.4) is 0 Å². The molecule has 4 aromatic rings. The summed E-state index contributed by atoms with van der Waals surface area (Å²) in [6, 6.07) is 20.4. The Hall–Kier alpha value is -2.82. The van der Waals surface area contributed by atoms with Crippen LogP contribution in [0.15, 0.2) is 66.7 Å². The summed E-state index contributed by atoms with van der Waals surface area (Å²) >= 11 is 5.54. The van der Waals surface area contributed by atoms with Crippen molar-refractivity contribution in [1.29, 1.82) is 0 Å². The number of halogens is 4. The fourth-order valence-corrected chi connectivity index (χ4v) is 4.26. The van der Waals surface area contributed by atoms with Crippen molar-refractivity contribution in [3.05, 3.63) is 117 Å². The Kier molecular flexibility index (Phi) is 7.91. The number of hydrogen-bond acceptors (Lipinski definition) is 1. The molecule has 0 radical (unpaired) electrons. The van der Waals surface area contributed by atoms with Crippen LogP contribution in [-0.4, -0.2) is 13.7 Å². The van der Waals surface area contributed by atoms with Gasteiger partial charge in [0.15, 0.2) is 0 Å². The molecule has 0 bridgehead atoms. The molecule has 4 rings (SSSR count). The van der Waals surface area contributed by atoms with Gasteiger partial charge in [-0.1, -0.05) is 66.2 Å². The van der Waals surface area contributed by atoms with Crippen molar-refractivity contribution < 1.29 is 17.9 Å². The molecule has 34 heavy (non-hydrogen) atoms. The number of fused-ring (bicyclic) bond motifs is 1. The van der Waals surface area contributed by atoms with E-state index in [0.717, 1.165) is 30.2 Å². The Morgan fingerprint density at radius 2 is 1.24 bits per heavy atom. The van der Waals surface area contributed by atoms with Gasteiger partial charge in [0.1, 0.15) is 22.5 Å². The van der Waals surface area contributed by atoms with Crippen LogP contribution in [0.1, 0.15) is 27.8 Å². The first-order chi connectivity index (χ1) is 16.4. The molecule has 0 fully saturated rings. The largest absolute Gasteiger partial charge is 0.384 e. The van der Waals surface area contributed by atoms with E-state index < -0.39 is 16.7 Å². The first-order valence-electron chi connectivity index (χ1n) is 11.3. The molecule has 0 aliphatic rings. The van der Waals surface area contributed by atoms with Gasteiger partial charge in [-0.05, 0) is 77.4 Å². The van der Waals surface area contributed by atoms with Gasteiger partial charge in [-0.15, -0.1) is 0 Å². The van der Waals surface area contributed by atoms with E-state index in [1.165, 1.54) is 23.3 Å². The first-order valence-corrected chi connectivity index (χ1v) is 11.7. The molecular weight excluding hydrogens is 457 g/mol. The highest BCUT2D eigenvalue weighted by molar-refractivity contribution is 6.30. The average molecular weight is 483 g/mol. The van der Waals surface area contributed by atoms with E-state index in [4.69, 9.17) is 16.3 Å². The maximum absolute atomic E-state index is 15.1. The second kappa shape index (κ2) is 11.1. The Bertz CT molecular complexity index is 1260. The van der Waals surface area contributed by atoms with Gasteiger partial charge in [-0.3, -0.25) is 0 Å². The summed E-state index contributed by atoms with van der Waals surface area (Å²) in [6.45, 7) is 0.715. The molecular formula is C29H26ClF3O. The maximum atomic E-state index is 15.1. The number of aryl methyl sites for hydroxylation is 4. The number of rotatable bonds is 9. The first kappa shape index (κ1) is 24.3. The van der Waals surface area contributed by atoms with Crippen LogP contribution in [-0.2, 0) is 36.8 Å². The van der Waals surface area contributed by atoms with Crippen molar-refractivity contribution in [2.24, 2.45) is 0 Å². The summed E-state index contributed by atoms with van der Waals surface area (Å²) in [6.07, 6.45) is 3.33. The standard InChI is InChI=1S/C29H26ClF3O/c1-34-15-14-20-4-2-19(3-5-20)6-7-21-9-13-25-24(16-21)12-11-23(29(25)33)10-8-22-17-26(31)28(30)27(32)18-22/h2-5,9,11-13,16-18H,6-8,10,14-15H2,1H3. The molecule has 0 amide bonds. The summed E-state index contributed by atoms with van der Waals surface area (Å²) in [5.41, 5.74) is 4.63. The minimum atomic E-state index is -0.801. The lowest BCUT2D eigenvalue weighted by Gasteiger charge is -2.10. The zero-order chi connectivity index (χ0) is 24.1. The van der Waals surface area contributed by atoms with Gasteiger partial charge in [0.2, 0.25) is 0 Å². The quantitative estimate of drug-likeness (QED) is 0.222. The van der Waals surface area contributed by atoms with Crippen LogP contribution in [0.5, 0.6) is 0 Å². The normalized spacial score (nSPS) is 11.3. The molecule has 0 heterocycles. The molecule has 0 aliphatic carbocycles. The van der Waals surface area contributed by atoms with Gasteiger partial charge < -0.3 is 4.74 Å². The number of hydrogen-bond donors (Lipinski definition) is 0. The van der Waals surface area contributed by atoms with Crippen molar-refractivity contribution in [3.63, 3.8) is 0 Å². The molecule has 176 valence electrons. The van der Waals surface area contributed by atoms with Crippen LogP contribution < -0.4 is 0 Å². The Labute approximate surface area is 203 Å². The number of benzene rings is 4. The maximum Gasteiger partial charge on any atom is 0.145 e. The predicted octanol–water partition coefficient (Wildman–Crippen LogP) is 7.67. The van der Waals surface area contributed by atoms with Gasteiger partial charge in [0.05, 0.1) is 6.61 Å². The van der Waals surface area contributed by atoms with Crippen molar-refractivity contribution in [1.82, 2.24) is 0 Å². The number of methoxy groups -OCH3 is 1. The van der Waals surface area contributed by atoms with Gasteiger partial charge >= 0.3 is 0 Å². The third kappa shape index (κ3) is 5.81.